The van der Waals surface area contributed by atoms with Crippen molar-refractivity contribution in [3.05, 3.63) is 40.2 Å². The number of anilines is 1. The number of carbonyl (C=O) groups excluding carboxylic acids is 2. The average molecular weight is 388 g/mol. The van der Waals surface area contributed by atoms with E-state index in [9.17, 15) is 9.59 Å². The number of likely N-dealkylation sites (N-methyl/N-ethyl adjacent to an activating group) is 2. The molecule has 27 heavy (non-hydrogen) atoms. The van der Waals surface area contributed by atoms with Crippen LogP contribution in [0.1, 0.15) is 26.3 Å². The van der Waals surface area contributed by atoms with Crippen LogP contribution in [0.3, 0.4) is 0 Å². The molecule has 0 spiro atoms. The zero-order valence-corrected chi connectivity index (χ0v) is 16.8. The molecule has 0 radical (unpaired) electrons. The zero-order chi connectivity index (χ0) is 19.6. The van der Waals surface area contributed by atoms with Gasteiger partial charge in [0.05, 0.1) is 5.69 Å². The Morgan fingerprint density at radius 3 is 2.52 bits per heavy atom. The van der Waals surface area contributed by atoms with E-state index in [0.717, 1.165) is 22.6 Å². The van der Waals surface area contributed by atoms with Gasteiger partial charge in [-0.05, 0) is 45.4 Å². The summed E-state index contributed by atoms with van der Waals surface area (Å²) in [5, 5.41) is 0.635. The summed E-state index contributed by atoms with van der Waals surface area (Å²) < 4.78 is 0. The van der Waals surface area contributed by atoms with Crippen molar-refractivity contribution in [2.24, 2.45) is 4.99 Å². The molecule has 0 N–H and O–H groups in total. The first-order chi connectivity index (χ1) is 12.8. The number of rotatable bonds is 2. The number of nitrogens with zero attached hydrogens (tertiary/aromatic N) is 5. The van der Waals surface area contributed by atoms with Crippen LogP contribution in [0.2, 0.25) is 5.02 Å². The fourth-order valence-electron chi connectivity index (χ4n) is 4.02. The summed E-state index contributed by atoms with van der Waals surface area (Å²) >= 11 is 6.24. The number of imide groups is 1. The van der Waals surface area contributed by atoms with E-state index in [1.54, 1.807) is 18.9 Å². The first-order valence-corrected chi connectivity index (χ1v) is 9.34. The van der Waals surface area contributed by atoms with Crippen LogP contribution in [0.4, 0.5) is 10.5 Å². The Balaban J connectivity index is 1.84. The maximum absolute atomic E-state index is 13.1. The SMILES string of the molecule is CCN1C(=O)C2C(N=C3N(c4cc(Cl)ccc4C)C(C)=C(C)N32)N(C)C1=O. The monoisotopic (exact) mass is 387 g/mol. The average Bonchev–Trinajstić information content (AvgIpc) is 3.12. The summed E-state index contributed by atoms with van der Waals surface area (Å²) in [7, 11) is 1.70. The molecule has 3 heterocycles. The van der Waals surface area contributed by atoms with Gasteiger partial charge >= 0.3 is 6.03 Å². The van der Waals surface area contributed by atoms with Gasteiger partial charge in [0.1, 0.15) is 0 Å². The molecule has 4 rings (SSSR count). The lowest BCUT2D eigenvalue weighted by molar-refractivity contribution is -0.136. The van der Waals surface area contributed by atoms with Crippen LogP contribution in [0.5, 0.6) is 0 Å². The number of aliphatic imine (C=N–C) groups is 1. The van der Waals surface area contributed by atoms with Crippen molar-refractivity contribution in [2.45, 2.75) is 39.9 Å². The normalized spacial score (nSPS) is 24.7. The molecule has 7 nitrogen and oxygen atoms in total. The number of guanidine groups is 1. The van der Waals surface area contributed by atoms with Gasteiger partial charge in [0.2, 0.25) is 5.96 Å². The molecule has 1 fully saturated rings. The lowest BCUT2D eigenvalue weighted by Crippen LogP contribution is -2.64. The van der Waals surface area contributed by atoms with Crippen LogP contribution in [0, 0.1) is 6.92 Å². The molecule has 0 aromatic heterocycles. The van der Waals surface area contributed by atoms with E-state index in [1.807, 2.05) is 48.8 Å². The number of halogens is 1. The molecule has 142 valence electrons. The summed E-state index contributed by atoms with van der Waals surface area (Å²) in [5.41, 5.74) is 3.92. The largest absolute Gasteiger partial charge is 0.328 e. The second-order valence-electron chi connectivity index (χ2n) is 7.07. The number of fused-ring (bicyclic) bond motifs is 3. The minimum atomic E-state index is -0.540. The van der Waals surface area contributed by atoms with Crippen LogP contribution in [-0.2, 0) is 4.79 Å². The topological polar surface area (TPSA) is 59.5 Å². The number of aryl methyl sites for hydroxylation is 1. The van der Waals surface area contributed by atoms with Crippen LogP contribution in [0.25, 0.3) is 0 Å². The van der Waals surface area contributed by atoms with Crippen LogP contribution >= 0.6 is 11.6 Å². The predicted molar refractivity (Wildman–Crippen MR) is 104 cm³/mol. The quantitative estimate of drug-likeness (QED) is 0.782. The highest BCUT2D eigenvalue weighted by atomic mass is 35.5. The molecule has 1 aromatic carbocycles. The fourth-order valence-corrected chi connectivity index (χ4v) is 4.18. The van der Waals surface area contributed by atoms with Crippen molar-refractivity contribution in [3.8, 4) is 0 Å². The highest BCUT2D eigenvalue weighted by Gasteiger charge is 2.55. The molecule has 0 aliphatic carbocycles. The highest BCUT2D eigenvalue weighted by Crippen LogP contribution is 2.41. The fraction of sp³-hybridized carbons (Fsp3) is 0.421. The number of benzene rings is 1. The van der Waals surface area contributed by atoms with Crippen molar-refractivity contribution in [2.75, 3.05) is 18.5 Å². The van der Waals surface area contributed by atoms with E-state index in [-0.39, 0.29) is 11.9 Å². The third-order valence-corrected chi connectivity index (χ3v) is 5.86. The molecular weight excluding hydrogens is 366 g/mol. The third-order valence-electron chi connectivity index (χ3n) is 5.62. The van der Waals surface area contributed by atoms with E-state index in [4.69, 9.17) is 16.6 Å². The van der Waals surface area contributed by atoms with Gasteiger partial charge in [0.25, 0.3) is 5.91 Å². The molecule has 1 aromatic rings. The molecule has 8 heteroatoms. The van der Waals surface area contributed by atoms with E-state index in [2.05, 4.69) is 0 Å². The van der Waals surface area contributed by atoms with Gasteiger partial charge in [-0.15, -0.1) is 0 Å². The molecule has 3 aliphatic rings. The van der Waals surface area contributed by atoms with Crippen molar-refractivity contribution >= 4 is 35.2 Å². The minimum absolute atomic E-state index is 0.207. The van der Waals surface area contributed by atoms with Gasteiger partial charge in [-0.3, -0.25) is 19.5 Å². The number of hydrogen-bond donors (Lipinski definition) is 0. The molecule has 3 amide bonds. The number of urea groups is 1. The van der Waals surface area contributed by atoms with Crippen LogP contribution in [0.15, 0.2) is 34.6 Å². The van der Waals surface area contributed by atoms with Gasteiger partial charge in [-0.2, -0.15) is 0 Å². The van der Waals surface area contributed by atoms with Crippen molar-refractivity contribution in [3.63, 3.8) is 0 Å². The smallest absolute Gasteiger partial charge is 0.302 e. The second-order valence-corrected chi connectivity index (χ2v) is 7.51. The van der Waals surface area contributed by atoms with Gasteiger partial charge in [0, 0.05) is 30.0 Å². The van der Waals surface area contributed by atoms with E-state index in [0.29, 0.717) is 17.5 Å². The van der Waals surface area contributed by atoms with E-state index >= 15 is 0 Å². The van der Waals surface area contributed by atoms with Gasteiger partial charge in [-0.1, -0.05) is 17.7 Å². The van der Waals surface area contributed by atoms with Crippen molar-refractivity contribution in [1.82, 2.24) is 14.7 Å². The van der Waals surface area contributed by atoms with Crippen molar-refractivity contribution < 1.29 is 9.59 Å². The maximum Gasteiger partial charge on any atom is 0.328 e. The number of carbonyl (C=O) groups is 2. The van der Waals surface area contributed by atoms with Crippen LogP contribution < -0.4 is 4.90 Å². The molecule has 0 saturated carbocycles. The number of allylic oxidation sites excluding steroid dienone is 2. The Kier molecular flexibility index (Phi) is 3.96. The van der Waals surface area contributed by atoms with Crippen LogP contribution in [-0.4, -0.2) is 58.4 Å². The number of hydrogen-bond acceptors (Lipinski definition) is 5. The molecular formula is C19H22ClN5O2. The summed E-state index contributed by atoms with van der Waals surface area (Å²) in [6.45, 7) is 8.14. The van der Waals surface area contributed by atoms with E-state index < -0.39 is 12.2 Å². The second kappa shape index (κ2) is 5.99. The van der Waals surface area contributed by atoms with E-state index in [1.165, 1.54) is 4.90 Å². The Bertz CT molecular complexity index is 925. The summed E-state index contributed by atoms with van der Waals surface area (Å²) in [6.07, 6.45) is -0.534. The molecule has 1 saturated heterocycles. The Morgan fingerprint density at radius 2 is 1.85 bits per heavy atom. The minimum Gasteiger partial charge on any atom is -0.302 e. The zero-order valence-electron chi connectivity index (χ0n) is 16.0. The first kappa shape index (κ1) is 17.9. The van der Waals surface area contributed by atoms with Gasteiger partial charge < -0.3 is 4.90 Å². The standard InChI is InChI=1S/C19H22ClN5O2/c1-6-23-17(26)15-16(22(5)19(23)27)21-18-24(11(3)12(4)25(15)18)14-9-13(20)8-7-10(14)2/h7-9,15-16H,6H2,1-5H3. The summed E-state index contributed by atoms with van der Waals surface area (Å²) in [4.78, 5) is 37.2. The lowest BCUT2D eigenvalue weighted by atomic mass is 10.1. The molecule has 0 bridgehead atoms. The maximum atomic E-state index is 13.1. The number of amides is 3. The first-order valence-electron chi connectivity index (χ1n) is 8.96. The Morgan fingerprint density at radius 1 is 1.15 bits per heavy atom. The molecule has 2 atom stereocenters. The predicted octanol–water partition coefficient (Wildman–Crippen LogP) is 3.00. The molecule has 3 aliphatic heterocycles. The van der Waals surface area contributed by atoms with Crippen molar-refractivity contribution in [1.29, 1.82) is 0 Å². The molecule has 2 unspecified atom stereocenters. The Labute approximate surface area is 163 Å². The van der Waals surface area contributed by atoms with Gasteiger partial charge in [-0.25, -0.2) is 9.79 Å². The van der Waals surface area contributed by atoms with Gasteiger partial charge in [0.15, 0.2) is 12.2 Å². The summed E-state index contributed by atoms with van der Waals surface area (Å²) in [6, 6.07) is 4.87. The summed E-state index contributed by atoms with van der Waals surface area (Å²) in [5.74, 6) is 0.456. The highest BCUT2D eigenvalue weighted by molar-refractivity contribution is 6.31. The lowest BCUT2D eigenvalue weighted by Gasteiger charge is -2.40. The third kappa shape index (κ3) is 2.31. The Hall–Kier alpha value is -2.54.